The zero-order chi connectivity index (χ0) is 12.3. The van der Waals surface area contributed by atoms with Crippen LogP contribution in [-0.2, 0) is 4.79 Å². The number of carbonyl (C=O) groups is 1. The van der Waals surface area contributed by atoms with E-state index in [4.69, 9.17) is 17.6 Å². The van der Waals surface area contributed by atoms with E-state index in [9.17, 15) is 14.9 Å². The molecule has 6 nitrogen and oxygen atoms in total. The fourth-order valence-electron chi connectivity index (χ4n) is 1.07. The molecule has 0 bridgehead atoms. The van der Waals surface area contributed by atoms with Crippen molar-refractivity contribution >= 4 is 22.9 Å². The molecule has 0 spiro atoms. The van der Waals surface area contributed by atoms with Crippen LogP contribution in [0.2, 0.25) is 0 Å². The van der Waals surface area contributed by atoms with Crippen LogP contribution in [0, 0.1) is 27.9 Å². The Morgan fingerprint density at radius 2 is 2.19 bits per heavy atom. The quantitative estimate of drug-likeness (QED) is 0.194. The Bertz CT molecular complexity index is 529. The monoisotopic (exact) mass is 217 g/mol. The Morgan fingerprint density at radius 1 is 1.56 bits per heavy atom. The topological polar surface area (TPSA) is 110 Å². The maximum atomic E-state index is 11.1. The van der Waals surface area contributed by atoms with Gasteiger partial charge >= 0.3 is 0 Å². The molecule has 0 amide bonds. The predicted molar refractivity (Wildman–Crippen MR) is 58.2 cm³/mol. The van der Waals surface area contributed by atoms with E-state index in [0.29, 0.717) is 0 Å². The number of carbonyl (C=O) groups excluding carboxylic acids is 1. The van der Waals surface area contributed by atoms with Crippen molar-refractivity contribution < 1.29 is 9.72 Å². The Morgan fingerprint density at radius 3 is 2.69 bits per heavy atom. The van der Waals surface area contributed by atoms with Gasteiger partial charge in [-0.05, 0) is 12.0 Å². The van der Waals surface area contributed by atoms with Crippen molar-refractivity contribution in [3.63, 3.8) is 0 Å². The van der Waals surface area contributed by atoms with Crippen molar-refractivity contribution in [1.29, 1.82) is 5.41 Å². The van der Waals surface area contributed by atoms with Gasteiger partial charge in [0.1, 0.15) is 5.71 Å². The third kappa shape index (κ3) is 2.04. The number of rotatable bonds is 3. The summed E-state index contributed by atoms with van der Waals surface area (Å²) in [4.78, 5) is 20.9. The second-order valence-corrected chi connectivity index (χ2v) is 2.88. The molecule has 0 atom stereocenters. The Kier molecular flexibility index (Phi) is 3.01. The van der Waals surface area contributed by atoms with Crippen molar-refractivity contribution in [2.45, 2.75) is 0 Å². The molecular formula is C10H7N3O3. The summed E-state index contributed by atoms with van der Waals surface area (Å²) in [5.74, 6) is 0.882. The summed E-state index contributed by atoms with van der Waals surface area (Å²) < 4.78 is 0. The third-order valence-electron chi connectivity index (χ3n) is 1.88. The summed E-state index contributed by atoms with van der Waals surface area (Å²) in [6, 6.07) is 3.49. The van der Waals surface area contributed by atoms with E-state index in [1.807, 2.05) is 0 Å². The number of nitro benzene ring substituents is 1. The van der Waals surface area contributed by atoms with E-state index >= 15 is 0 Å². The second kappa shape index (κ2) is 4.23. The number of nitrogens with zero attached hydrogens (tertiary/aromatic N) is 1. The van der Waals surface area contributed by atoms with Gasteiger partial charge in [-0.3, -0.25) is 20.3 Å². The average Bonchev–Trinajstić information content (AvgIpc) is 2.27. The molecule has 16 heavy (non-hydrogen) atoms. The molecule has 3 N–H and O–H groups in total. The molecule has 0 radical (unpaired) electrons. The second-order valence-electron chi connectivity index (χ2n) is 2.88. The van der Waals surface area contributed by atoms with Crippen LogP contribution in [0.1, 0.15) is 5.56 Å². The molecule has 0 saturated heterocycles. The van der Waals surface area contributed by atoms with Crippen molar-refractivity contribution in [2.75, 3.05) is 5.73 Å². The number of hydrogen-bond acceptors (Lipinski definition) is 5. The number of anilines is 1. The van der Waals surface area contributed by atoms with Crippen LogP contribution in [0.4, 0.5) is 11.4 Å². The first-order valence-electron chi connectivity index (χ1n) is 4.11. The first-order chi connectivity index (χ1) is 7.47. The lowest BCUT2D eigenvalue weighted by Gasteiger charge is -2.03. The molecule has 6 heteroatoms. The maximum Gasteiger partial charge on any atom is 0.270 e. The lowest BCUT2D eigenvalue weighted by molar-refractivity contribution is -0.384. The number of terminal acetylenes is 1. The molecule has 0 aliphatic carbocycles. The van der Waals surface area contributed by atoms with Crippen molar-refractivity contribution in [3.8, 4) is 12.3 Å². The number of ketones is 1. The number of benzene rings is 1. The minimum absolute atomic E-state index is 0.0304. The van der Waals surface area contributed by atoms with E-state index in [0.717, 1.165) is 6.07 Å². The minimum atomic E-state index is -0.868. The Hall–Kier alpha value is -2.68. The maximum absolute atomic E-state index is 11.1. The number of nitrogens with one attached hydrogen (secondary N) is 1. The predicted octanol–water partition coefficient (Wildman–Crippen LogP) is 0.747. The standard InChI is InChI=1S/C10H7N3O3/c1-2-9(14)10(12)7-5-6(13(15)16)3-4-8(7)11/h1,3-5,12H,11H2. The summed E-state index contributed by atoms with van der Waals surface area (Å²) in [5.41, 5.74) is 4.79. The molecular weight excluding hydrogens is 210 g/mol. The third-order valence-corrected chi connectivity index (χ3v) is 1.88. The molecule has 0 aromatic heterocycles. The molecule has 0 aliphatic heterocycles. The highest BCUT2D eigenvalue weighted by Crippen LogP contribution is 2.20. The van der Waals surface area contributed by atoms with Crippen molar-refractivity contribution in [1.82, 2.24) is 0 Å². The van der Waals surface area contributed by atoms with Gasteiger partial charge in [-0.1, -0.05) is 0 Å². The van der Waals surface area contributed by atoms with E-state index < -0.39 is 16.4 Å². The van der Waals surface area contributed by atoms with Gasteiger partial charge in [0.2, 0.25) is 0 Å². The molecule has 0 heterocycles. The summed E-state index contributed by atoms with van der Waals surface area (Å²) in [6.07, 6.45) is 4.84. The Balaban J connectivity index is 3.29. The van der Waals surface area contributed by atoms with Gasteiger partial charge in [0.15, 0.2) is 0 Å². The zero-order valence-electron chi connectivity index (χ0n) is 8.06. The van der Waals surface area contributed by atoms with Gasteiger partial charge in [0.05, 0.1) is 4.92 Å². The molecule has 1 aromatic rings. The highest BCUT2D eigenvalue weighted by Gasteiger charge is 2.16. The molecule has 0 fully saturated rings. The van der Waals surface area contributed by atoms with Crippen molar-refractivity contribution in [3.05, 3.63) is 33.9 Å². The van der Waals surface area contributed by atoms with E-state index in [2.05, 4.69) is 0 Å². The first-order valence-corrected chi connectivity index (χ1v) is 4.11. The summed E-state index contributed by atoms with van der Waals surface area (Å²) in [6.45, 7) is 0. The van der Waals surface area contributed by atoms with Crippen LogP contribution < -0.4 is 5.73 Å². The molecule has 0 saturated carbocycles. The molecule has 80 valence electrons. The number of hydrogen-bond donors (Lipinski definition) is 2. The van der Waals surface area contributed by atoms with Crippen LogP contribution in [0.3, 0.4) is 0 Å². The van der Waals surface area contributed by atoms with Crippen molar-refractivity contribution in [2.24, 2.45) is 0 Å². The fourth-order valence-corrected chi connectivity index (χ4v) is 1.07. The van der Waals surface area contributed by atoms with Gasteiger partial charge in [-0.2, -0.15) is 0 Å². The number of non-ortho nitro benzene ring substituents is 1. The van der Waals surface area contributed by atoms with E-state index in [-0.39, 0.29) is 16.9 Å². The normalized spacial score (nSPS) is 9.19. The highest BCUT2D eigenvalue weighted by atomic mass is 16.6. The molecule has 1 aromatic carbocycles. The van der Waals surface area contributed by atoms with E-state index in [1.54, 1.807) is 5.92 Å². The number of nitro groups is 1. The fraction of sp³-hybridized carbons (Fsp3) is 0. The van der Waals surface area contributed by atoms with Gasteiger partial charge in [-0.15, -0.1) is 6.42 Å². The number of nitrogen functional groups attached to an aromatic ring is 1. The number of Topliss-reactive ketones (excluding diaryl/α,β-unsaturated/α-hetero) is 1. The molecule has 0 aliphatic rings. The molecule has 1 rings (SSSR count). The lowest BCUT2D eigenvalue weighted by Crippen LogP contribution is -2.14. The summed E-state index contributed by atoms with van der Waals surface area (Å²) in [5, 5.41) is 17.9. The van der Waals surface area contributed by atoms with Crippen LogP contribution in [-0.4, -0.2) is 16.4 Å². The van der Waals surface area contributed by atoms with Crippen LogP contribution >= 0.6 is 0 Å². The SMILES string of the molecule is C#CC(=O)C(=N)c1cc([N+](=O)[O-])ccc1N. The average molecular weight is 217 g/mol. The van der Waals surface area contributed by atoms with Gasteiger partial charge < -0.3 is 5.73 Å². The van der Waals surface area contributed by atoms with Crippen LogP contribution in [0.15, 0.2) is 18.2 Å². The smallest absolute Gasteiger partial charge is 0.270 e. The molecule has 0 unspecified atom stereocenters. The summed E-state index contributed by atoms with van der Waals surface area (Å²) in [7, 11) is 0. The summed E-state index contributed by atoms with van der Waals surface area (Å²) >= 11 is 0. The van der Waals surface area contributed by atoms with Crippen LogP contribution in [0.5, 0.6) is 0 Å². The largest absolute Gasteiger partial charge is 0.398 e. The van der Waals surface area contributed by atoms with E-state index in [1.165, 1.54) is 12.1 Å². The van der Waals surface area contributed by atoms with Gasteiger partial charge in [-0.25, -0.2) is 0 Å². The number of nitrogens with two attached hydrogens (primary N) is 1. The lowest BCUT2D eigenvalue weighted by atomic mass is 10.0. The zero-order valence-corrected chi connectivity index (χ0v) is 8.06. The Labute approximate surface area is 90.7 Å². The minimum Gasteiger partial charge on any atom is -0.398 e. The first kappa shape index (κ1) is 11.4. The van der Waals surface area contributed by atoms with Gasteiger partial charge in [0, 0.05) is 23.4 Å². The van der Waals surface area contributed by atoms with Gasteiger partial charge in [0.25, 0.3) is 11.5 Å². The highest BCUT2D eigenvalue weighted by molar-refractivity contribution is 6.51. The van der Waals surface area contributed by atoms with Crippen LogP contribution in [0.25, 0.3) is 0 Å².